The van der Waals surface area contributed by atoms with E-state index < -0.39 is 11.7 Å². The van der Waals surface area contributed by atoms with Crippen LogP contribution < -0.4 is 15.5 Å². The quantitative estimate of drug-likeness (QED) is 0.340. The molecule has 3 aromatic heterocycles. The van der Waals surface area contributed by atoms with Crippen molar-refractivity contribution in [2.24, 2.45) is 11.3 Å². The van der Waals surface area contributed by atoms with Gasteiger partial charge in [-0.25, -0.2) is 4.98 Å². The second-order valence-electron chi connectivity index (χ2n) is 9.86. The number of benzene rings is 1. The molecule has 0 saturated carbocycles. The minimum atomic E-state index is -0.792. The molecule has 176 valence electrons. The zero-order valence-corrected chi connectivity index (χ0v) is 20.7. The molecule has 5 rings (SSSR count). The Labute approximate surface area is 202 Å². The predicted molar refractivity (Wildman–Crippen MR) is 129 cm³/mol. The maximum Gasteiger partial charge on any atom is 0.312 e. The molecule has 0 saturated heterocycles. The first-order chi connectivity index (χ1) is 16.2. The fourth-order valence-corrected chi connectivity index (χ4v) is 5.76. The normalized spacial score (nSPS) is 16.1. The number of carbonyl (C=O) groups excluding carboxylic acids is 1. The lowest BCUT2D eigenvalue weighted by Gasteiger charge is -2.36. The van der Waals surface area contributed by atoms with Crippen molar-refractivity contribution in [2.45, 2.75) is 53.4 Å². The van der Waals surface area contributed by atoms with E-state index in [1.165, 1.54) is 21.6 Å². The Morgan fingerprint density at radius 1 is 1.32 bits per heavy atom. The van der Waals surface area contributed by atoms with Gasteiger partial charge in [-0.3, -0.25) is 4.79 Å². The van der Waals surface area contributed by atoms with Gasteiger partial charge in [0.25, 0.3) is 5.78 Å². The first kappa shape index (κ1) is 22.5. The summed E-state index contributed by atoms with van der Waals surface area (Å²) in [5.41, 5.74) is 10.8. The molecule has 8 heteroatoms. The minimum absolute atomic E-state index is 0.170. The smallest absolute Gasteiger partial charge is 0.312 e. The van der Waals surface area contributed by atoms with Crippen LogP contribution >= 0.6 is 11.3 Å². The molecule has 2 N–H and O–H groups in total. The summed E-state index contributed by atoms with van der Waals surface area (Å²) in [4.78, 5) is 19.4. The Bertz CT molecular complexity index is 1400. The van der Waals surface area contributed by atoms with E-state index in [4.69, 9.17) is 15.2 Å². The first-order valence-corrected chi connectivity index (χ1v) is 12.4. The number of nitrogen functional groups attached to an aromatic ring is 1. The molecule has 0 spiro atoms. The number of aromatic nitrogens is 3. The molecule has 7 nitrogen and oxygen atoms in total. The van der Waals surface area contributed by atoms with Gasteiger partial charge >= 0.3 is 5.69 Å². The molecule has 1 aliphatic carbocycles. The van der Waals surface area contributed by atoms with Gasteiger partial charge in [-0.2, -0.15) is 0 Å². The molecule has 0 amide bonds. The summed E-state index contributed by atoms with van der Waals surface area (Å²) < 4.78 is 6.10. The van der Waals surface area contributed by atoms with E-state index in [9.17, 15) is 9.90 Å². The molecular formula is C26H28N4O3S. The van der Waals surface area contributed by atoms with Crippen molar-refractivity contribution < 1.29 is 19.1 Å². The number of pyridine rings is 1. The van der Waals surface area contributed by atoms with Gasteiger partial charge in [0.15, 0.2) is 5.95 Å². The van der Waals surface area contributed by atoms with Crippen LogP contribution in [0, 0.1) is 18.3 Å². The van der Waals surface area contributed by atoms with Gasteiger partial charge < -0.3 is 15.4 Å². The van der Waals surface area contributed by atoms with Crippen molar-refractivity contribution in [2.75, 3.05) is 5.73 Å². The van der Waals surface area contributed by atoms with E-state index in [1.54, 1.807) is 12.1 Å². The molecule has 0 aliphatic heterocycles. The van der Waals surface area contributed by atoms with E-state index in [1.807, 2.05) is 19.1 Å². The fourth-order valence-electron chi connectivity index (χ4n) is 4.72. The number of carbonyl (C=O) groups is 1. The number of aryl methyl sites for hydroxylation is 2. The number of rotatable bonds is 5. The van der Waals surface area contributed by atoms with Crippen molar-refractivity contribution in [1.29, 1.82) is 0 Å². The Hall–Kier alpha value is -3.26. The summed E-state index contributed by atoms with van der Waals surface area (Å²) >= 11 is 1.22. The number of ketones is 1. The summed E-state index contributed by atoms with van der Waals surface area (Å²) in [7, 11) is 0. The Kier molecular flexibility index (Phi) is 5.43. The number of anilines is 1. The molecule has 1 atom stereocenters. The maximum absolute atomic E-state index is 13.5. The third-order valence-corrected chi connectivity index (χ3v) is 8.53. The zero-order chi connectivity index (χ0) is 24.2. The molecule has 1 aromatic carbocycles. The molecule has 0 bridgehead atoms. The summed E-state index contributed by atoms with van der Waals surface area (Å²) in [5, 5.41) is 17.0. The summed E-state index contributed by atoms with van der Waals surface area (Å²) in [6.45, 7) is 8.85. The summed E-state index contributed by atoms with van der Waals surface area (Å²) in [5.74, 6) is -0.715. The second-order valence-corrected chi connectivity index (χ2v) is 10.9. The third-order valence-electron chi connectivity index (χ3n) is 7.41. The first-order valence-electron chi connectivity index (χ1n) is 11.6. The van der Waals surface area contributed by atoms with Crippen molar-refractivity contribution in [3.8, 4) is 11.6 Å². The van der Waals surface area contributed by atoms with Crippen LogP contribution in [0.3, 0.4) is 0 Å². The minimum Gasteiger partial charge on any atom is -0.539 e. The number of hydrogen-bond acceptors (Lipinski definition) is 7. The highest BCUT2D eigenvalue weighted by Gasteiger charge is 2.34. The average molecular weight is 477 g/mol. The van der Waals surface area contributed by atoms with E-state index >= 15 is 0 Å². The highest BCUT2D eigenvalue weighted by Crippen LogP contribution is 2.42. The summed E-state index contributed by atoms with van der Waals surface area (Å²) in [6.07, 6.45) is 4.11. The topological polar surface area (TPSA) is 109 Å². The largest absolute Gasteiger partial charge is 0.539 e. The van der Waals surface area contributed by atoms with Crippen molar-refractivity contribution in [3.05, 3.63) is 57.7 Å². The lowest BCUT2D eigenvalue weighted by molar-refractivity contribution is -0.672. The fraction of sp³-hybridized carbons (Fsp3) is 0.385. The highest BCUT2D eigenvalue weighted by molar-refractivity contribution is 7.21. The Balaban J connectivity index is 1.55. The Morgan fingerprint density at radius 3 is 2.76 bits per heavy atom. The molecular weight excluding hydrogens is 448 g/mol. The SMILES string of the molecule is CCC(C)(C)C1CCc2nc3sc(C(=O)c4c([O-])on[n+]4-c4ccc(C)cc4)c(N)c3cc2C1. The third kappa shape index (κ3) is 3.66. The lowest BCUT2D eigenvalue weighted by Crippen LogP contribution is -2.39. The lowest BCUT2D eigenvalue weighted by atomic mass is 9.69. The van der Waals surface area contributed by atoms with E-state index in [-0.39, 0.29) is 16.0 Å². The van der Waals surface area contributed by atoms with E-state index in [2.05, 4.69) is 32.1 Å². The summed E-state index contributed by atoms with van der Waals surface area (Å²) in [6, 6.07) is 9.42. The zero-order valence-electron chi connectivity index (χ0n) is 19.8. The predicted octanol–water partition coefficient (Wildman–Crippen LogP) is 4.30. The van der Waals surface area contributed by atoms with Crippen LogP contribution in [0.1, 0.15) is 65.8 Å². The molecule has 0 fully saturated rings. The van der Waals surface area contributed by atoms with Crippen LogP contribution in [0.2, 0.25) is 0 Å². The van der Waals surface area contributed by atoms with E-state index in [0.29, 0.717) is 17.3 Å². The van der Waals surface area contributed by atoms with Crippen molar-refractivity contribution >= 4 is 33.0 Å². The highest BCUT2D eigenvalue weighted by atomic mass is 32.1. The van der Waals surface area contributed by atoms with Gasteiger partial charge in [-0.1, -0.05) is 44.9 Å². The number of nitrogens with two attached hydrogens (primary N) is 1. The van der Waals surface area contributed by atoms with Gasteiger partial charge in [0, 0.05) is 23.2 Å². The van der Waals surface area contributed by atoms with Gasteiger partial charge in [0.05, 0.1) is 11.0 Å². The van der Waals surface area contributed by atoms with Crippen LogP contribution in [-0.2, 0) is 12.8 Å². The number of hydrogen-bond donors (Lipinski definition) is 1. The van der Waals surface area contributed by atoms with Gasteiger partial charge in [0.1, 0.15) is 9.71 Å². The van der Waals surface area contributed by atoms with Crippen LogP contribution in [0.15, 0.2) is 34.9 Å². The molecule has 3 heterocycles. The van der Waals surface area contributed by atoms with Crippen LogP contribution in [0.5, 0.6) is 5.95 Å². The van der Waals surface area contributed by atoms with Crippen molar-refractivity contribution in [3.63, 3.8) is 0 Å². The van der Waals surface area contributed by atoms with E-state index in [0.717, 1.165) is 47.2 Å². The van der Waals surface area contributed by atoms with Crippen LogP contribution in [0.4, 0.5) is 5.69 Å². The van der Waals surface area contributed by atoms with Crippen LogP contribution in [0.25, 0.3) is 15.9 Å². The molecule has 34 heavy (non-hydrogen) atoms. The average Bonchev–Trinajstić information content (AvgIpc) is 3.37. The molecule has 0 radical (unpaired) electrons. The Morgan fingerprint density at radius 2 is 2.06 bits per heavy atom. The number of fused-ring (bicyclic) bond motifs is 2. The number of thiophene rings is 1. The number of nitrogens with zero attached hydrogens (tertiary/aromatic N) is 3. The monoisotopic (exact) mass is 476 g/mol. The molecule has 1 unspecified atom stereocenters. The maximum atomic E-state index is 13.5. The van der Waals surface area contributed by atoms with Crippen LogP contribution in [-0.4, -0.2) is 16.0 Å². The van der Waals surface area contributed by atoms with Gasteiger partial charge in [-0.05, 0) is 53.8 Å². The molecule has 1 aliphatic rings. The standard InChI is InChI=1S/C26H28N4O3S/c1-5-26(3,4)16-8-11-19-15(12-16)13-18-20(27)23(34-24(18)28-19)22(31)21-25(32)33-29-30(21)17-9-6-14(2)7-10-17/h6-7,9-10,13,16H,5,8,11-12H2,1-4H3,(H2-,27,29,31,32). The second kappa shape index (κ2) is 8.20. The van der Waals surface area contributed by atoms with Gasteiger partial charge in [0.2, 0.25) is 5.69 Å². The molecule has 4 aromatic rings. The van der Waals surface area contributed by atoms with Crippen molar-refractivity contribution in [1.82, 2.24) is 10.3 Å². The van der Waals surface area contributed by atoms with Gasteiger partial charge in [-0.15, -0.1) is 11.3 Å².